The summed E-state index contributed by atoms with van der Waals surface area (Å²) in [6, 6.07) is 0.553. The fourth-order valence-electron chi connectivity index (χ4n) is 11.5. The molecule has 0 heterocycles. The fraction of sp³-hybridized carbons (Fsp3) is 0.957. The number of hydrogen-bond acceptors (Lipinski definition) is 7. The van der Waals surface area contributed by atoms with Crippen molar-refractivity contribution in [2.75, 3.05) is 60.0 Å². The Kier molecular flexibility index (Phi) is 57.7. The lowest BCUT2D eigenvalue weighted by atomic mass is 9.96. The third-order valence-electron chi connectivity index (χ3n) is 16.7. The van der Waals surface area contributed by atoms with Gasteiger partial charge in [-0.25, -0.2) is 0 Å². The Morgan fingerprint density at radius 3 is 1.04 bits per heavy atom. The second-order valence-corrected chi connectivity index (χ2v) is 24.6. The molecule has 0 aliphatic heterocycles. The van der Waals surface area contributed by atoms with Gasteiger partial charge >= 0.3 is 11.9 Å². The highest BCUT2D eigenvalue weighted by molar-refractivity contribution is 5.76. The number of hydrogen-bond donors (Lipinski definition) is 0. The van der Waals surface area contributed by atoms with Gasteiger partial charge in [-0.2, -0.15) is 0 Å². The Labute approximate surface area is 482 Å². The molecule has 0 aliphatic rings. The molecule has 0 N–H and O–H groups in total. The summed E-state index contributed by atoms with van der Waals surface area (Å²) in [5, 5.41) is 0. The predicted octanol–water partition coefficient (Wildman–Crippen LogP) is 20.2. The summed E-state index contributed by atoms with van der Waals surface area (Å²) in [6.45, 7) is 20.0. The van der Waals surface area contributed by atoms with Crippen LogP contribution in [0.25, 0.3) is 0 Å². The molecule has 0 rings (SSSR count). The molecule has 0 aromatic rings. The largest absolute Gasteiger partial charge is 0.465 e. The zero-order chi connectivity index (χ0) is 56.5. The van der Waals surface area contributed by atoms with E-state index in [0.29, 0.717) is 56.3 Å². The van der Waals surface area contributed by atoms with Crippen molar-refractivity contribution in [3.05, 3.63) is 0 Å². The number of nitrogens with zero attached hydrogens (tertiary/aromatic N) is 3. The molecule has 0 radical (unpaired) electrons. The number of carbonyl (C=O) groups excluding carboxylic acids is 3. The van der Waals surface area contributed by atoms with Crippen LogP contribution in [0.2, 0.25) is 0 Å². The van der Waals surface area contributed by atoms with E-state index in [-0.39, 0.29) is 11.9 Å². The van der Waals surface area contributed by atoms with Crippen molar-refractivity contribution in [2.24, 2.45) is 11.8 Å². The van der Waals surface area contributed by atoms with Crippen LogP contribution in [0.1, 0.15) is 350 Å². The van der Waals surface area contributed by atoms with E-state index in [9.17, 15) is 14.4 Å². The highest BCUT2D eigenvalue weighted by atomic mass is 16.5. The average Bonchev–Trinajstić information content (AvgIpc) is 3.42. The molecule has 0 bridgehead atoms. The summed E-state index contributed by atoms with van der Waals surface area (Å²) in [5.74, 6) is 1.46. The van der Waals surface area contributed by atoms with Gasteiger partial charge in [-0.1, -0.05) is 247 Å². The second-order valence-electron chi connectivity index (χ2n) is 24.6. The first-order valence-electron chi connectivity index (χ1n) is 34.6. The van der Waals surface area contributed by atoms with Crippen molar-refractivity contribution in [1.29, 1.82) is 0 Å². The van der Waals surface area contributed by atoms with Gasteiger partial charge in [0.2, 0.25) is 5.91 Å². The summed E-state index contributed by atoms with van der Waals surface area (Å²) >= 11 is 0. The van der Waals surface area contributed by atoms with Crippen LogP contribution in [-0.2, 0) is 23.9 Å². The molecule has 0 saturated heterocycles. The van der Waals surface area contributed by atoms with E-state index in [4.69, 9.17) is 9.47 Å². The monoisotopic (exact) mass is 1090 g/mol. The van der Waals surface area contributed by atoms with Crippen molar-refractivity contribution in [3.63, 3.8) is 0 Å². The number of carbonyl (C=O) groups is 3. The summed E-state index contributed by atoms with van der Waals surface area (Å²) in [4.78, 5) is 46.9. The first kappa shape index (κ1) is 75.3. The highest BCUT2D eigenvalue weighted by Crippen LogP contribution is 2.23. The van der Waals surface area contributed by atoms with Crippen LogP contribution in [0.4, 0.5) is 0 Å². The van der Waals surface area contributed by atoms with Crippen LogP contribution < -0.4 is 0 Å². The molecule has 0 saturated carbocycles. The normalized spacial score (nSPS) is 12.9. The third-order valence-corrected chi connectivity index (χ3v) is 16.7. The third kappa shape index (κ3) is 51.0. The molecule has 8 heteroatoms. The number of rotatable bonds is 62. The molecular weight excluding hydrogens is 951 g/mol. The van der Waals surface area contributed by atoms with Crippen LogP contribution in [0, 0.1) is 11.8 Å². The first-order valence-corrected chi connectivity index (χ1v) is 34.6. The molecule has 458 valence electrons. The molecule has 2 atom stereocenters. The zero-order valence-electron chi connectivity index (χ0n) is 53.5. The lowest BCUT2D eigenvalue weighted by Crippen LogP contribution is -2.38. The van der Waals surface area contributed by atoms with Gasteiger partial charge in [0.1, 0.15) is 0 Å². The lowest BCUT2D eigenvalue weighted by Gasteiger charge is -2.33. The summed E-state index contributed by atoms with van der Waals surface area (Å²) in [5.41, 5.74) is 0. The average molecular weight is 1090 g/mol. The van der Waals surface area contributed by atoms with Gasteiger partial charge in [0, 0.05) is 38.4 Å². The summed E-state index contributed by atoms with van der Waals surface area (Å²) in [7, 11) is 4.38. The van der Waals surface area contributed by atoms with Gasteiger partial charge in [0.05, 0.1) is 13.2 Å². The zero-order valence-corrected chi connectivity index (χ0v) is 53.5. The van der Waals surface area contributed by atoms with Gasteiger partial charge in [0.15, 0.2) is 0 Å². The summed E-state index contributed by atoms with van der Waals surface area (Å²) in [6.07, 6.45) is 56.6. The van der Waals surface area contributed by atoms with Crippen LogP contribution in [0.5, 0.6) is 0 Å². The van der Waals surface area contributed by atoms with Crippen LogP contribution in [0.15, 0.2) is 0 Å². The van der Waals surface area contributed by atoms with Crippen molar-refractivity contribution in [1.82, 2.24) is 14.7 Å². The molecule has 0 aromatic carbocycles. The Morgan fingerprint density at radius 1 is 0.312 bits per heavy atom. The molecular formula is C69H137N3O5. The molecule has 0 spiro atoms. The SMILES string of the molecule is CCCCCCCCN(CCCCCCCC)C(=O)CCCN(CCCCN(C)C)C(CCCCCCCCC(=O)OCC(CCCC)CCCCCC)CCCCCCCCC(=O)OCC(CCCC)CCCCCC. The maximum absolute atomic E-state index is 14.0. The first-order chi connectivity index (χ1) is 37.6. The maximum atomic E-state index is 14.0. The van der Waals surface area contributed by atoms with Crippen molar-refractivity contribution in [2.45, 2.75) is 356 Å². The Bertz CT molecular complexity index is 1170. The minimum atomic E-state index is 0.00755. The fourth-order valence-corrected chi connectivity index (χ4v) is 11.5. The molecule has 8 nitrogen and oxygen atoms in total. The highest BCUT2D eigenvalue weighted by Gasteiger charge is 2.21. The lowest BCUT2D eigenvalue weighted by molar-refractivity contribution is -0.146. The van der Waals surface area contributed by atoms with Crippen LogP contribution in [-0.4, -0.2) is 98.6 Å². The van der Waals surface area contributed by atoms with E-state index < -0.39 is 0 Å². The van der Waals surface area contributed by atoms with E-state index in [2.05, 4.69) is 70.3 Å². The standard InChI is InChI=1S/C69H137N3O5/c1-9-15-21-25-35-43-59-72(60-44-36-26-22-16-10-2)67(73)54-47-61-71(58-46-45-57-70(7)8)66(52-39-31-27-29-33-41-55-68(74)76-62-64(48-19-13-5)50-37-23-17-11-3)53-40-32-28-30-34-42-56-69(75)77-63-65(49-20-14-6)51-38-24-18-12-4/h64-66H,9-63H2,1-8H3. The number of amides is 1. The van der Waals surface area contributed by atoms with Gasteiger partial charge in [-0.05, 0) is 129 Å². The van der Waals surface area contributed by atoms with Crippen molar-refractivity contribution < 1.29 is 23.9 Å². The van der Waals surface area contributed by atoms with E-state index >= 15 is 0 Å². The molecule has 0 fully saturated rings. The van der Waals surface area contributed by atoms with Crippen LogP contribution in [0.3, 0.4) is 0 Å². The van der Waals surface area contributed by atoms with Crippen LogP contribution >= 0.6 is 0 Å². The number of unbranched alkanes of at least 4 members (excludes halogenated alkanes) is 29. The molecule has 0 aliphatic carbocycles. The Hall–Kier alpha value is -1.67. The smallest absolute Gasteiger partial charge is 0.305 e. The van der Waals surface area contributed by atoms with Crippen molar-refractivity contribution in [3.8, 4) is 0 Å². The van der Waals surface area contributed by atoms with E-state index in [1.54, 1.807) is 0 Å². The summed E-state index contributed by atoms with van der Waals surface area (Å²) < 4.78 is 11.7. The molecule has 1 amide bonds. The van der Waals surface area contributed by atoms with E-state index in [0.717, 1.165) is 77.7 Å². The van der Waals surface area contributed by atoms with Gasteiger partial charge in [-0.15, -0.1) is 0 Å². The predicted molar refractivity (Wildman–Crippen MR) is 335 cm³/mol. The molecule has 0 aromatic heterocycles. The van der Waals surface area contributed by atoms with Gasteiger partial charge in [0.25, 0.3) is 0 Å². The van der Waals surface area contributed by atoms with Gasteiger partial charge < -0.3 is 24.2 Å². The van der Waals surface area contributed by atoms with Crippen molar-refractivity contribution >= 4 is 17.8 Å². The molecule has 2 unspecified atom stereocenters. The Balaban J connectivity index is 5.53. The molecule has 77 heavy (non-hydrogen) atoms. The van der Waals surface area contributed by atoms with E-state index in [1.807, 2.05) is 0 Å². The number of ether oxygens (including phenoxy) is 2. The minimum absolute atomic E-state index is 0.00755. The maximum Gasteiger partial charge on any atom is 0.305 e. The topological polar surface area (TPSA) is 79.4 Å². The quantitative estimate of drug-likeness (QED) is 0.0443. The Morgan fingerprint density at radius 2 is 0.623 bits per heavy atom. The number of esters is 2. The van der Waals surface area contributed by atoms with Gasteiger partial charge in [-0.3, -0.25) is 14.4 Å². The minimum Gasteiger partial charge on any atom is -0.465 e. The van der Waals surface area contributed by atoms with E-state index in [1.165, 1.54) is 244 Å². The second kappa shape index (κ2) is 59.0.